The number of benzene rings is 1. The summed E-state index contributed by atoms with van der Waals surface area (Å²) in [5.74, 6) is -0.0445. The Morgan fingerprint density at radius 1 is 1.29 bits per heavy atom. The van der Waals surface area contributed by atoms with Crippen LogP contribution in [0.3, 0.4) is 0 Å². The summed E-state index contributed by atoms with van der Waals surface area (Å²) in [5, 5.41) is 10.3. The Hall–Kier alpha value is -2.89. The molecule has 1 aliphatic rings. The average molecular weight is 459 g/mol. The Kier molecular flexibility index (Phi) is 6.54. The van der Waals surface area contributed by atoms with Gasteiger partial charge < -0.3 is 20.7 Å². The highest BCUT2D eigenvalue weighted by Crippen LogP contribution is 2.40. The van der Waals surface area contributed by atoms with Crippen molar-refractivity contribution in [3.8, 4) is 10.4 Å². The number of carbonyl (C=O) groups is 2. The second kappa shape index (κ2) is 9.50. The van der Waals surface area contributed by atoms with Crippen LogP contribution in [-0.2, 0) is 9.53 Å². The molecule has 1 saturated heterocycles. The summed E-state index contributed by atoms with van der Waals surface area (Å²) < 4.78 is 5.37. The maximum Gasteiger partial charge on any atom is 0.257 e. The molecular formula is C20H22N6O3S2. The van der Waals surface area contributed by atoms with E-state index in [0.29, 0.717) is 42.0 Å². The summed E-state index contributed by atoms with van der Waals surface area (Å²) in [7, 11) is 0. The number of amides is 2. The molecule has 0 spiro atoms. The Morgan fingerprint density at radius 3 is 2.71 bits per heavy atom. The molecule has 1 fully saturated rings. The zero-order valence-electron chi connectivity index (χ0n) is 16.9. The molecular weight excluding hydrogens is 436 g/mol. The highest BCUT2D eigenvalue weighted by Gasteiger charge is 2.28. The first-order chi connectivity index (χ1) is 15.0. The number of nitrogens with one attached hydrogen (secondary N) is 2. The van der Waals surface area contributed by atoms with Crippen LogP contribution in [0.2, 0.25) is 0 Å². The molecule has 1 aliphatic heterocycles. The van der Waals surface area contributed by atoms with Crippen molar-refractivity contribution in [2.45, 2.75) is 12.1 Å². The highest BCUT2D eigenvalue weighted by molar-refractivity contribution is 7.99. The van der Waals surface area contributed by atoms with E-state index < -0.39 is 0 Å². The molecule has 3 heterocycles. The van der Waals surface area contributed by atoms with Crippen molar-refractivity contribution in [2.75, 3.05) is 43.1 Å². The van der Waals surface area contributed by atoms with Crippen LogP contribution in [0.25, 0.3) is 10.4 Å². The molecule has 3 aromatic rings. The Bertz CT molecular complexity index is 1080. The number of hydrogen-bond acceptors (Lipinski definition) is 8. The summed E-state index contributed by atoms with van der Waals surface area (Å²) in [5.41, 5.74) is 7.91. The number of aromatic nitrogens is 3. The second-order valence-corrected chi connectivity index (χ2v) is 8.83. The fraction of sp³-hybridized carbons (Fsp3) is 0.300. The van der Waals surface area contributed by atoms with Crippen molar-refractivity contribution in [2.24, 2.45) is 0 Å². The number of H-pyrrole nitrogens is 1. The van der Waals surface area contributed by atoms with E-state index in [1.54, 1.807) is 4.90 Å². The lowest BCUT2D eigenvalue weighted by Crippen LogP contribution is -2.41. The van der Waals surface area contributed by atoms with Gasteiger partial charge in [0, 0.05) is 18.0 Å². The summed E-state index contributed by atoms with van der Waals surface area (Å²) in [4.78, 5) is 32.7. The number of thioether (sulfide) groups is 1. The van der Waals surface area contributed by atoms with Gasteiger partial charge in [-0.15, -0.1) is 16.4 Å². The molecule has 0 unspecified atom stereocenters. The first kappa shape index (κ1) is 21.3. The van der Waals surface area contributed by atoms with Crippen LogP contribution < -0.4 is 11.1 Å². The molecule has 4 rings (SSSR count). The van der Waals surface area contributed by atoms with Gasteiger partial charge in [-0.3, -0.25) is 9.59 Å². The average Bonchev–Trinajstić information content (AvgIpc) is 3.35. The van der Waals surface area contributed by atoms with Gasteiger partial charge in [0.1, 0.15) is 5.00 Å². The summed E-state index contributed by atoms with van der Waals surface area (Å²) in [6.07, 6.45) is 0. The van der Waals surface area contributed by atoms with Crippen LogP contribution in [0.1, 0.15) is 15.9 Å². The van der Waals surface area contributed by atoms with Crippen molar-refractivity contribution < 1.29 is 14.3 Å². The van der Waals surface area contributed by atoms with Gasteiger partial charge in [-0.2, -0.15) is 4.98 Å². The monoisotopic (exact) mass is 458 g/mol. The number of aromatic amines is 1. The van der Waals surface area contributed by atoms with Crippen LogP contribution >= 0.6 is 23.1 Å². The van der Waals surface area contributed by atoms with Crippen LogP contribution in [-0.4, -0.2) is 64.0 Å². The minimum absolute atomic E-state index is 0.0936. The predicted octanol–water partition coefficient (Wildman–Crippen LogP) is 2.63. The van der Waals surface area contributed by atoms with Gasteiger partial charge in [-0.25, -0.2) is 5.10 Å². The second-order valence-electron chi connectivity index (χ2n) is 6.87. The third kappa shape index (κ3) is 4.89. The lowest BCUT2D eigenvalue weighted by atomic mass is 10.1. The molecule has 1 aromatic carbocycles. The van der Waals surface area contributed by atoms with E-state index in [4.69, 9.17) is 10.5 Å². The molecule has 0 radical (unpaired) electrons. The van der Waals surface area contributed by atoms with E-state index in [0.717, 1.165) is 16.0 Å². The maximum absolute atomic E-state index is 13.3. The van der Waals surface area contributed by atoms with Gasteiger partial charge in [-0.05, 0) is 18.1 Å². The molecule has 9 nitrogen and oxygen atoms in total. The van der Waals surface area contributed by atoms with E-state index in [2.05, 4.69) is 20.5 Å². The zero-order valence-corrected chi connectivity index (χ0v) is 18.5. The highest BCUT2D eigenvalue weighted by atomic mass is 32.2. The number of nitrogens with two attached hydrogens (primary N) is 1. The molecule has 31 heavy (non-hydrogen) atoms. The molecule has 0 atom stereocenters. The van der Waals surface area contributed by atoms with Gasteiger partial charge in [0.15, 0.2) is 0 Å². The first-order valence-corrected chi connectivity index (χ1v) is 11.5. The molecule has 4 N–H and O–H groups in total. The SMILES string of the molecule is Cc1c(-c2ccccc2)sc(NC(=O)CSc2n[nH]c(N)n2)c1C(=O)N1CCOCC1. The van der Waals surface area contributed by atoms with Crippen molar-refractivity contribution in [3.63, 3.8) is 0 Å². The minimum atomic E-state index is -0.245. The van der Waals surface area contributed by atoms with Gasteiger partial charge in [0.25, 0.3) is 5.91 Å². The van der Waals surface area contributed by atoms with Crippen molar-refractivity contribution in [1.29, 1.82) is 0 Å². The fourth-order valence-electron chi connectivity index (χ4n) is 3.26. The standard InChI is InChI=1S/C20H22N6O3S2/c1-12-15(18(28)26-7-9-29-10-8-26)17(31-16(12)13-5-3-2-4-6-13)22-14(27)11-30-20-23-19(21)24-25-20/h2-6H,7-11H2,1H3,(H,22,27)(H3,21,23,24,25). The number of morpholine rings is 1. The molecule has 2 aromatic heterocycles. The lowest BCUT2D eigenvalue weighted by molar-refractivity contribution is -0.113. The number of thiophene rings is 1. The minimum Gasteiger partial charge on any atom is -0.378 e. The summed E-state index contributed by atoms with van der Waals surface area (Å²) >= 11 is 2.57. The van der Waals surface area contributed by atoms with Crippen LogP contribution in [0.4, 0.5) is 10.9 Å². The van der Waals surface area contributed by atoms with Gasteiger partial charge in [-0.1, -0.05) is 42.1 Å². The van der Waals surface area contributed by atoms with Crippen LogP contribution in [0, 0.1) is 6.92 Å². The Morgan fingerprint density at radius 2 is 2.03 bits per heavy atom. The molecule has 2 amide bonds. The van der Waals surface area contributed by atoms with Gasteiger partial charge >= 0.3 is 0 Å². The largest absolute Gasteiger partial charge is 0.378 e. The Balaban J connectivity index is 1.59. The van der Waals surface area contributed by atoms with E-state index >= 15 is 0 Å². The van der Waals surface area contributed by atoms with E-state index in [1.807, 2.05) is 37.3 Å². The van der Waals surface area contributed by atoms with E-state index in [9.17, 15) is 9.59 Å². The maximum atomic E-state index is 13.3. The lowest BCUT2D eigenvalue weighted by Gasteiger charge is -2.27. The topological polar surface area (TPSA) is 126 Å². The number of hydrogen-bond donors (Lipinski definition) is 3. The zero-order chi connectivity index (χ0) is 21.8. The van der Waals surface area contributed by atoms with Crippen molar-refractivity contribution in [1.82, 2.24) is 20.1 Å². The van der Waals surface area contributed by atoms with Crippen LogP contribution in [0.15, 0.2) is 35.5 Å². The number of nitrogen functional groups attached to an aromatic ring is 1. The fourth-order valence-corrected chi connectivity index (χ4v) is 5.09. The third-order valence-corrected chi connectivity index (χ3v) is 6.87. The predicted molar refractivity (Wildman–Crippen MR) is 121 cm³/mol. The smallest absolute Gasteiger partial charge is 0.257 e. The Labute approximate surface area is 187 Å². The number of nitrogens with zero attached hydrogens (tertiary/aromatic N) is 3. The van der Waals surface area contributed by atoms with Gasteiger partial charge in [0.05, 0.1) is 24.5 Å². The first-order valence-electron chi connectivity index (χ1n) is 9.69. The molecule has 11 heteroatoms. The molecule has 162 valence electrons. The quantitative estimate of drug-likeness (QED) is 0.485. The van der Waals surface area contributed by atoms with Crippen molar-refractivity contribution >= 4 is 45.9 Å². The molecule has 0 saturated carbocycles. The normalized spacial score (nSPS) is 13.9. The summed E-state index contributed by atoms with van der Waals surface area (Å²) in [6.45, 7) is 4.01. The third-order valence-electron chi connectivity index (χ3n) is 4.76. The number of ether oxygens (including phenoxy) is 1. The van der Waals surface area contributed by atoms with Crippen LogP contribution in [0.5, 0.6) is 0 Å². The summed E-state index contributed by atoms with van der Waals surface area (Å²) in [6, 6.07) is 9.85. The molecule has 0 bridgehead atoms. The van der Waals surface area contributed by atoms with E-state index in [1.165, 1.54) is 23.1 Å². The number of carbonyl (C=O) groups excluding carboxylic acids is 2. The van der Waals surface area contributed by atoms with Crippen molar-refractivity contribution in [3.05, 3.63) is 41.5 Å². The molecule has 0 aliphatic carbocycles. The number of anilines is 2. The van der Waals surface area contributed by atoms with E-state index in [-0.39, 0.29) is 23.5 Å². The van der Waals surface area contributed by atoms with Gasteiger partial charge in [0.2, 0.25) is 17.0 Å². The number of rotatable bonds is 6.